The van der Waals surface area contributed by atoms with Crippen LogP contribution in [0.5, 0.6) is 0 Å². The van der Waals surface area contributed by atoms with Crippen LogP contribution in [0.2, 0.25) is 0 Å². The predicted molar refractivity (Wildman–Crippen MR) is 92.9 cm³/mol. The van der Waals surface area contributed by atoms with Gasteiger partial charge in [-0.25, -0.2) is 4.99 Å². The number of guanidine groups is 1. The van der Waals surface area contributed by atoms with E-state index in [0.29, 0.717) is 12.5 Å². The minimum absolute atomic E-state index is 0.515. The Morgan fingerprint density at radius 3 is 2.92 bits per heavy atom. The van der Waals surface area contributed by atoms with Gasteiger partial charge in [-0.1, -0.05) is 5.16 Å². The number of aryl methyl sites for hydroxylation is 3. The molecule has 1 atom stereocenters. The normalized spacial score (nSPS) is 18.4. The zero-order chi connectivity index (χ0) is 17.1. The molecule has 1 aliphatic rings. The summed E-state index contributed by atoms with van der Waals surface area (Å²) in [6, 6.07) is 0. The van der Waals surface area contributed by atoms with E-state index in [-0.39, 0.29) is 0 Å². The van der Waals surface area contributed by atoms with Crippen LogP contribution < -0.4 is 5.32 Å². The number of hydrogen-bond donors (Lipinski definition) is 1. The summed E-state index contributed by atoms with van der Waals surface area (Å²) < 4.78 is 7.10. The molecule has 1 saturated heterocycles. The lowest BCUT2D eigenvalue weighted by Gasteiger charge is -2.21. The van der Waals surface area contributed by atoms with Gasteiger partial charge in [-0.15, -0.1) is 0 Å². The van der Waals surface area contributed by atoms with Gasteiger partial charge >= 0.3 is 0 Å². The molecule has 1 N–H and O–H groups in total. The molecule has 0 amide bonds. The van der Waals surface area contributed by atoms with Crippen molar-refractivity contribution < 1.29 is 4.52 Å². The van der Waals surface area contributed by atoms with Gasteiger partial charge in [-0.2, -0.15) is 5.10 Å². The number of likely N-dealkylation sites (tertiary alicyclic amines) is 1. The van der Waals surface area contributed by atoms with Gasteiger partial charge in [-0.05, 0) is 32.8 Å². The maximum atomic E-state index is 5.23. The van der Waals surface area contributed by atoms with Crippen molar-refractivity contribution in [2.24, 2.45) is 12.0 Å². The maximum Gasteiger partial charge on any atom is 0.194 e. The largest absolute Gasteiger partial charge is 0.361 e. The molecule has 0 aliphatic carbocycles. The summed E-state index contributed by atoms with van der Waals surface area (Å²) in [7, 11) is 1.96. The van der Waals surface area contributed by atoms with Crippen molar-refractivity contribution in [1.82, 2.24) is 25.2 Å². The van der Waals surface area contributed by atoms with Gasteiger partial charge in [0.1, 0.15) is 5.76 Å². The Bertz CT molecular complexity index is 697. The average molecular weight is 330 g/mol. The second kappa shape index (κ2) is 7.07. The van der Waals surface area contributed by atoms with Crippen molar-refractivity contribution >= 4 is 5.96 Å². The van der Waals surface area contributed by atoms with Gasteiger partial charge in [0.2, 0.25) is 0 Å². The maximum absolute atomic E-state index is 5.23. The third kappa shape index (κ3) is 3.44. The second-order valence-corrected chi connectivity index (χ2v) is 6.35. The molecule has 3 rings (SSSR count). The SMILES string of the molecule is CCNC(=NCc1c(C)noc1C)N1CCC(c2cnn(C)c2)C1. The third-order valence-electron chi connectivity index (χ3n) is 4.59. The molecule has 7 nitrogen and oxygen atoms in total. The Morgan fingerprint density at radius 2 is 2.29 bits per heavy atom. The molecule has 24 heavy (non-hydrogen) atoms. The molecule has 130 valence electrons. The summed E-state index contributed by atoms with van der Waals surface area (Å²) in [5.74, 6) is 2.33. The van der Waals surface area contributed by atoms with Crippen molar-refractivity contribution in [2.45, 2.75) is 39.7 Å². The Balaban J connectivity index is 1.70. The molecule has 0 bridgehead atoms. The van der Waals surface area contributed by atoms with Gasteiger partial charge in [0.05, 0.1) is 18.4 Å². The minimum Gasteiger partial charge on any atom is -0.361 e. The quantitative estimate of drug-likeness (QED) is 0.685. The third-order valence-corrected chi connectivity index (χ3v) is 4.59. The molecular weight excluding hydrogens is 304 g/mol. The van der Waals surface area contributed by atoms with E-state index in [0.717, 1.165) is 49.0 Å². The van der Waals surface area contributed by atoms with Crippen LogP contribution in [0.1, 0.15) is 41.8 Å². The van der Waals surface area contributed by atoms with Gasteiger partial charge in [0.15, 0.2) is 5.96 Å². The lowest BCUT2D eigenvalue weighted by atomic mass is 10.0. The van der Waals surface area contributed by atoms with E-state index in [1.807, 2.05) is 31.8 Å². The van der Waals surface area contributed by atoms with Crippen LogP contribution in [0.25, 0.3) is 0 Å². The van der Waals surface area contributed by atoms with Gasteiger partial charge in [0.25, 0.3) is 0 Å². The highest BCUT2D eigenvalue weighted by molar-refractivity contribution is 5.80. The number of nitrogens with zero attached hydrogens (tertiary/aromatic N) is 5. The molecule has 2 aromatic rings. The van der Waals surface area contributed by atoms with E-state index >= 15 is 0 Å². The smallest absolute Gasteiger partial charge is 0.194 e. The Kier molecular flexibility index (Phi) is 4.87. The highest BCUT2D eigenvalue weighted by Gasteiger charge is 2.27. The number of rotatable bonds is 4. The number of aliphatic imine (C=N–C) groups is 1. The number of nitrogens with one attached hydrogen (secondary N) is 1. The highest BCUT2D eigenvalue weighted by Crippen LogP contribution is 2.26. The first kappa shape index (κ1) is 16.5. The Labute approximate surface area is 142 Å². The molecule has 1 fully saturated rings. The molecule has 0 aromatic carbocycles. The van der Waals surface area contributed by atoms with E-state index < -0.39 is 0 Å². The van der Waals surface area contributed by atoms with Crippen molar-refractivity contribution in [3.05, 3.63) is 35.0 Å². The number of aromatic nitrogens is 3. The lowest BCUT2D eigenvalue weighted by Crippen LogP contribution is -2.40. The first-order valence-electron chi connectivity index (χ1n) is 8.52. The highest BCUT2D eigenvalue weighted by atomic mass is 16.5. The van der Waals surface area contributed by atoms with Crippen LogP contribution in [-0.4, -0.2) is 45.4 Å². The molecule has 0 spiro atoms. The van der Waals surface area contributed by atoms with E-state index in [1.165, 1.54) is 5.56 Å². The monoisotopic (exact) mass is 330 g/mol. The molecule has 2 aromatic heterocycles. The molecule has 7 heteroatoms. The molecular formula is C17H26N6O. The fourth-order valence-electron chi connectivity index (χ4n) is 3.18. The van der Waals surface area contributed by atoms with Crippen LogP contribution in [0, 0.1) is 13.8 Å². The molecule has 0 radical (unpaired) electrons. The van der Waals surface area contributed by atoms with E-state index in [4.69, 9.17) is 9.52 Å². The standard InChI is InChI=1S/C17H26N6O/c1-5-18-17(19-9-16-12(2)21-24-13(16)3)23-7-6-14(11-23)15-8-20-22(4)10-15/h8,10,14H,5-7,9,11H2,1-4H3,(H,18,19). The molecule has 1 aliphatic heterocycles. The van der Waals surface area contributed by atoms with Gasteiger partial charge in [0, 0.05) is 44.4 Å². The summed E-state index contributed by atoms with van der Waals surface area (Å²) in [4.78, 5) is 7.14. The van der Waals surface area contributed by atoms with Crippen molar-refractivity contribution in [1.29, 1.82) is 0 Å². The summed E-state index contributed by atoms with van der Waals surface area (Å²) in [6.45, 7) is 9.42. The molecule has 1 unspecified atom stereocenters. The zero-order valence-corrected chi connectivity index (χ0v) is 14.9. The summed E-state index contributed by atoms with van der Waals surface area (Å²) in [5.41, 5.74) is 3.30. The van der Waals surface area contributed by atoms with Gasteiger partial charge < -0.3 is 14.7 Å². The van der Waals surface area contributed by atoms with E-state index in [1.54, 1.807) is 0 Å². The topological polar surface area (TPSA) is 71.5 Å². The lowest BCUT2D eigenvalue weighted by molar-refractivity contribution is 0.392. The van der Waals surface area contributed by atoms with Crippen molar-refractivity contribution in [2.75, 3.05) is 19.6 Å². The fraction of sp³-hybridized carbons (Fsp3) is 0.588. The van der Waals surface area contributed by atoms with Crippen LogP contribution in [0.15, 0.2) is 21.9 Å². The summed E-state index contributed by atoms with van der Waals surface area (Å²) >= 11 is 0. The molecule has 0 saturated carbocycles. The average Bonchev–Trinajstić information content (AvgIpc) is 3.26. The Hall–Kier alpha value is -2.31. The van der Waals surface area contributed by atoms with Crippen molar-refractivity contribution in [3.8, 4) is 0 Å². The Morgan fingerprint density at radius 1 is 1.46 bits per heavy atom. The predicted octanol–water partition coefficient (Wildman–Crippen LogP) is 1.98. The van der Waals surface area contributed by atoms with Crippen LogP contribution >= 0.6 is 0 Å². The fourth-order valence-corrected chi connectivity index (χ4v) is 3.18. The first-order valence-corrected chi connectivity index (χ1v) is 8.52. The number of hydrogen-bond acceptors (Lipinski definition) is 4. The zero-order valence-electron chi connectivity index (χ0n) is 14.9. The summed E-state index contributed by atoms with van der Waals surface area (Å²) in [5, 5.41) is 11.7. The van der Waals surface area contributed by atoms with E-state index in [2.05, 4.69) is 33.6 Å². The van der Waals surface area contributed by atoms with Crippen LogP contribution in [0.3, 0.4) is 0 Å². The summed E-state index contributed by atoms with van der Waals surface area (Å²) in [6.07, 6.45) is 5.21. The first-order chi connectivity index (χ1) is 11.6. The van der Waals surface area contributed by atoms with Crippen LogP contribution in [0.4, 0.5) is 0 Å². The van der Waals surface area contributed by atoms with Gasteiger partial charge in [-0.3, -0.25) is 4.68 Å². The van der Waals surface area contributed by atoms with Crippen molar-refractivity contribution in [3.63, 3.8) is 0 Å². The van der Waals surface area contributed by atoms with Crippen LogP contribution in [-0.2, 0) is 13.6 Å². The molecule has 3 heterocycles. The van der Waals surface area contributed by atoms with E-state index in [9.17, 15) is 0 Å². The minimum atomic E-state index is 0.515. The second-order valence-electron chi connectivity index (χ2n) is 6.35.